The highest BCUT2D eigenvalue weighted by Gasteiger charge is 2.43. The van der Waals surface area contributed by atoms with Gasteiger partial charge in [-0.05, 0) is 44.5 Å². The zero-order chi connectivity index (χ0) is 13.9. The van der Waals surface area contributed by atoms with Gasteiger partial charge in [-0.15, -0.1) is 0 Å². The van der Waals surface area contributed by atoms with E-state index in [-0.39, 0.29) is 11.2 Å². The molecule has 1 saturated carbocycles. The lowest BCUT2D eigenvalue weighted by Gasteiger charge is -2.19. The lowest BCUT2D eigenvalue weighted by Crippen LogP contribution is -2.25. The summed E-state index contributed by atoms with van der Waals surface area (Å²) >= 11 is 0. The minimum Gasteiger partial charge on any atom is -0.491 e. The summed E-state index contributed by atoms with van der Waals surface area (Å²) in [5, 5.41) is 9.06. The standard InChI is InChI=1S/C15H19FN2O/c1-3-19-14-5-4-12(8-13(14)16)9-18(2)11-15(10-17)6-7-15/h4-5,8H,3,6-7,9,11H2,1-2H3. The summed E-state index contributed by atoms with van der Waals surface area (Å²) in [6, 6.07) is 7.42. The average molecular weight is 262 g/mol. The zero-order valence-electron chi connectivity index (χ0n) is 11.4. The summed E-state index contributed by atoms with van der Waals surface area (Å²) in [5.74, 6) is -0.0289. The smallest absolute Gasteiger partial charge is 0.165 e. The van der Waals surface area contributed by atoms with Crippen molar-refractivity contribution in [3.05, 3.63) is 29.6 Å². The van der Waals surface area contributed by atoms with Gasteiger partial charge in [0.1, 0.15) is 0 Å². The molecular formula is C15H19FN2O. The van der Waals surface area contributed by atoms with Gasteiger partial charge in [0.15, 0.2) is 11.6 Å². The molecule has 1 aliphatic carbocycles. The van der Waals surface area contributed by atoms with Crippen molar-refractivity contribution < 1.29 is 9.13 Å². The van der Waals surface area contributed by atoms with Crippen LogP contribution in [0.4, 0.5) is 4.39 Å². The van der Waals surface area contributed by atoms with E-state index in [0.717, 1.165) is 24.9 Å². The molecule has 0 heterocycles. The van der Waals surface area contributed by atoms with Crippen LogP contribution in [-0.2, 0) is 6.54 Å². The molecule has 0 unspecified atom stereocenters. The molecule has 3 nitrogen and oxygen atoms in total. The van der Waals surface area contributed by atoms with Crippen molar-refractivity contribution in [1.82, 2.24) is 4.90 Å². The molecule has 0 saturated heterocycles. The molecule has 102 valence electrons. The van der Waals surface area contributed by atoms with E-state index in [4.69, 9.17) is 10.00 Å². The first-order chi connectivity index (χ1) is 9.08. The van der Waals surface area contributed by atoms with Crippen LogP contribution in [0.1, 0.15) is 25.3 Å². The summed E-state index contributed by atoms with van der Waals surface area (Å²) in [7, 11) is 1.96. The minimum atomic E-state index is -0.325. The van der Waals surface area contributed by atoms with Crippen molar-refractivity contribution in [2.45, 2.75) is 26.3 Å². The summed E-state index contributed by atoms with van der Waals surface area (Å²) in [5.41, 5.74) is 0.746. The van der Waals surface area contributed by atoms with E-state index >= 15 is 0 Å². The SMILES string of the molecule is CCOc1ccc(CN(C)CC2(C#N)CC2)cc1F. The van der Waals surface area contributed by atoms with Gasteiger partial charge < -0.3 is 9.64 Å². The molecule has 19 heavy (non-hydrogen) atoms. The van der Waals surface area contributed by atoms with Gasteiger partial charge in [-0.25, -0.2) is 4.39 Å². The van der Waals surface area contributed by atoms with Crippen LogP contribution in [0, 0.1) is 22.6 Å². The van der Waals surface area contributed by atoms with E-state index in [1.54, 1.807) is 6.07 Å². The Kier molecular flexibility index (Phi) is 4.06. The van der Waals surface area contributed by atoms with Crippen LogP contribution < -0.4 is 4.74 Å². The number of rotatable bonds is 6. The lowest BCUT2D eigenvalue weighted by molar-refractivity contribution is 0.285. The summed E-state index contributed by atoms with van der Waals surface area (Å²) in [4.78, 5) is 2.07. The van der Waals surface area contributed by atoms with Crippen LogP contribution in [0.2, 0.25) is 0 Å². The largest absolute Gasteiger partial charge is 0.491 e. The van der Waals surface area contributed by atoms with Crippen molar-refractivity contribution in [3.8, 4) is 11.8 Å². The molecule has 0 N–H and O–H groups in total. The van der Waals surface area contributed by atoms with E-state index < -0.39 is 0 Å². The molecule has 2 rings (SSSR count). The summed E-state index contributed by atoms with van der Waals surface area (Å²) in [6.07, 6.45) is 1.96. The van der Waals surface area contributed by atoms with Gasteiger partial charge in [0, 0.05) is 13.1 Å². The third-order valence-electron chi connectivity index (χ3n) is 3.41. The highest BCUT2D eigenvalue weighted by Crippen LogP contribution is 2.45. The van der Waals surface area contributed by atoms with Crippen LogP contribution in [0.3, 0.4) is 0 Å². The van der Waals surface area contributed by atoms with Crippen molar-refractivity contribution in [2.24, 2.45) is 5.41 Å². The van der Waals surface area contributed by atoms with E-state index in [0.29, 0.717) is 18.9 Å². The highest BCUT2D eigenvalue weighted by atomic mass is 19.1. The maximum absolute atomic E-state index is 13.7. The zero-order valence-corrected chi connectivity index (χ0v) is 11.4. The Labute approximate surface area is 113 Å². The number of ether oxygens (including phenoxy) is 1. The number of hydrogen-bond donors (Lipinski definition) is 0. The molecule has 0 radical (unpaired) electrons. The molecule has 1 aliphatic rings. The Morgan fingerprint density at radius 2 is 2.21 bits per heavy atom. The molecule has 0 aliphatic heterocycles. The Bertz CT molecular complexity index is 491. The molecule has 0 bridgehead atoms. The van der Waals surface area contributed by atoms with Crippen LogP contribution >= 0.6 is 0 Å². The first-order valence-electron chi connectivity index (χ1n) is 6.59. The second-order valence-electron chi connectivity index (χ2n) is 5.26. The fourth-order valence-corrected chi connectivity index (χ4v) is 2.26. The molecule has 1 aromatic rings. The fraction of sp³-hybridized carbons (Fsp3) is 0.533. The second kappa shape index (κ2) is 5.58. The summed E-state index contributed by atoms with van der Waals surface area (Å²) in [6.45, 7) is 3.68. The third kappa shape index (κ3) is 3.45. The number of nitriles is 1. The monoisotopic (exact) mass is 262 g/mol. The molecule has 0 spiro atoms. The van der Waals surface area contributed by atoms with Gasteiger partial charge in [0.2, 0.25) is 0 Å². The molecular weight excluding hydrogens is 243 g/mol. The first-order valence-corrected chi connectivity index (χ1v) is 6.59. The molecule has 0 atom stereocenters. The van der Waals surface area contributed by atoms with Crippen molar-refractivity contribution in [3.63, 3.8) is 0 Å². The Morgan fingerprint density at radius 1 is 1.47 bits per heavy atom. The predicted molar refractivity (Wildman–Crippen MR) is 71.2 cm³/mol. The van der Waals surface area contributed by atoms with Crippen molar-refractivity contribution >= 4 is 0 Å². The van der Waals surface area contributed by atoms with E-state index in [2.05, 4.69) is 11.0 Å². The first kappa shape index (κ1) is 13.8. The topological polar surface area (TPSA) is 36.3 Å². The Hall–Kier alpha value is -1.60. The Balaban J connectivity index is 1.95. The number of hydrogen-bond acceptors (Lipinski definition) is 3. The molecule has 4 heteroatoms. The average Bonchev–Trinajstić information content (AvgIpc) is 3.13. The lowest BCUT2D eigenvalue weighted by atomic mass is 10.1. The fourth-order valence-electron chi connectivity index (χ4n) is 2.26. The summed E-state index contributed by atoms with van der Waals surface area (Å²) < 4.78 is 18.9. The van der Waals surface area contributed by atoms with Gasteiger partial charge in [0.05, 0.1) is 18.1 Å². The quantitative estimate of drug-likeness (QED) is 0.790. The highest BCUT2D eigenvalue weighted by molar-refractivity contribution is 5.29. The van der Waals surface area contributed by atoms with Crippen molar-refractivity contribution in [1.29, 1.82) is 5.26 Å². The maximum atomic E-state index is 13.7. The van der Waals surface area contributed by atoms with Gasteiger partial charge in [-0.3, -0.25) is 0 Å². The molecule has 0 aromatic heterocycles. The van der Waals surface area contributed by atoms with E-state index in [9.17, 15) is 4.39 Å². The molecule has 0 amide bonds. The van der Waals surface area contributed by atoms with Crippen LogP contribution in [0.15, 0.2) is 18.2 Å². The second-order valence-corrected chi connectivity index (χ2v) is 5.26. The van der Waals surface area contributed by atoms with Gasteiger partial charge >= 0.3 is 0 Å². The van der Waals surface area contributed by atoms with Crippen LogP contribution in [0.5, 0.6) is 5.75 Å². The van der Waals surface area contributed by atoms with Crippen LogP contribution in [0.25, 0.3) is 0 Å². The van der Waals surface area contributed by atoms with Gasteiger partial charge in [-0.2, -0.15) is 5.26 Å². The predicted octanol–water partition coefficient (Wildman–Crippen LogP) is 2.96. The third-order valence-corrected chi connectivity index (χ3v) is 3.41. The number of benzene rings is 1. The van der Waals surface area contributed by atoms with Crippen molar-refractivity contribution in [2.75, 3.05) is 20.2 Å². The number of nitrogens with zero attached hydrogens (tertiary/aromatic N) is 2. The molecule has 1 fully saturated rings. The van der Waals surface area contributed by atoms with Gasteiger partial charge in [-0.1, -0.05) is 6.07 Å². The van der Waals surface area contributed by atoms with E-state index in [1.807, 2.05) is 20.0 Å². The number of halogens is 1. The Morgan fingerprint density at radius 3 is 2.74 bits per heavy atom. The maximum Gasteiger partial charge on any atom is 0.165 e. The molecule has 1 aromatic carbocycles. The normalized spacial score (nSPS) is 16.2. The van der Waals surface area contributed by atoms with E-state index in [1.165, 1.54) is 6.07 Å². The minimum absolute atomic E-state index is 0.154. The van der Waals surface area contributed by atoms with Gasteiger partial charge in [0.25, 0.3) is 0 Å². The van der Waals surface area contributed by atoms with Crippen LogP contribution in [-0.4, -0.2) is 25.1 Å².